The molecule has 1 aliphatic heterocycles. The van der Waals surface area contributed by atoms with E-state index in [0.717, 1.165) is 24.0 Å². The number of ether oxygens (including phenoxy) is 2. The SMILES string of the molecule is CCC1CC1(CN)c1ccc2c(c1)OCO2. The summed E-state index contributed by atoms with van der Waals surface area (Å²) in [6.07, 6.45) is 2.41. The lowest BCUT2D eigenvalue weighted by Gasteiger charge is -2.15. The molecule has 1 heterocycles. The summed E-state index contributed by atoms with van der Waals surface area (Å²) in [6, 6.07) is 6.24. The number of rotatable bonds is 3. The molecule has 2 atom stereocenters. The molecule has 0 bridgehead atoms. The Labute approximate surface area is 95.5 Å². The smallest absolute Gasteiger partial charge is 0.231 e. The van der Waals surface area contributed by atoms with Crippen LogP contribution in [-0.4, -0.2) is 13.3 Å². The molecule has 3 heteroatoms. The van der Waals surface area contributed by atoms with Gasteiger partial charge in [-0.25, -0.2) is 0 Å². The van der Waals surface area contributed by atoms with Crippen molar-refractivity contribution in [2.45, 2.75) is 25.2 Å². The maximum Gasteiger partial charge on any atom is 0.231 e. The van der Waals surface area contributed by atoms with Gasteiger partial charge in [-0.2, -0.15) is 0 Å². The van der Waals surface area contributed by atoms with Gasteiger partial charge in [0.05, 0.1) is 0 Å². The summed E-state index contributed by atoms with van der Waals surface area (Å²) in [5, 5.41) is 0. The summed E-state index contributed by atoms with van der Waals surface area (Å²) in [7, 11) is 0. The molecule has 0 amide bonds. The van der Waals surface area contributed by atoms with Crippen LogP contribution < -0.4 is 15.2 Å². The summed E-state index contributed by atoms with van der Waals surface area (Å²) in [6.45, 7) is 3.30. The van der Waals surface area contributed by atoms with Gasteiger partial charge in [0.25, 0.3) is 0 Å². The lowest BCUT2D eigenvalue weighted by molar-refractivity contribution is 0.174. The molecular formula is C13H17NO2. The van der Waals surface area contributed by atoms with Gasteiger partial charge in [0.2, 0.25) is 6.79 Å². The minimum absolute atomic E-state index is 0.204. The van der Waals surface area contributed by atoms with Gasteiger partial charge in [-0.05, 0) is 30.0 Å². The lowest BCUT2D eigenvalue weighted by atomic mass is 9.92. The third-order valence-electron chi connectivity index (χ3n) is 4.04. The molecule has 2 N–H and O–H groups in total. The van der Waals surface area contributed by atoms with Gasteiger partial charge in [0, 0.05) is 12.0 Å². The number of benzene rings is 1. The summed E-state index contributed by atoms with van der Waals surface area (Å²) >= 11 is 0. The summed E-state index contributed by atoms with van der Waals surface area (Å²) < 4.78 is 10.7. The molecule has 2 unspecified atom stereocenters. The van der Waals surface area contributed by atoms with Crippen molar-refractivity contribution < 1.29 is 9.47 Å². The Hall–Kier alpha value is -1.22. The molecule has 16 heavy (non-hydrogen) atoms. The Balaban J connectivity index is 1.95. The molecule has 1 saturated carbocycles. The number of hydrogen-bond acceptors (Lipinski definition) is 3. The van der Waals surface area contributed by atoms with Crippen LogP contribution in [0.25, 0.3) is 0 Å². The average Bonchev–Trinajstić information content (AvgIpc) is 2.88. The Bertz CT molecular complexity index is 418. The molecule has 0 saturated heterocycles. The average molecular weight is 219 g/mol. The van der Waals surface area contributed by atoms with Gasteiger partial charge in [-0.3, -0.25) is 0 Å². The van der Waals surface area contributed by atoms with Crippen LogP contribution in [0.3, 0.4) is 0 Å². The molecule has 0 spiro atoms. The van der Waals surface area contributed by atoms with Gasteiger partial charge in [0.1, 0.15) is 0 Å². The summed E-state index contributed by atoms with van der Waals surface area (Å²) in [5.41, 5.74) is 7.46. The first-order chi connectivity index (χ1) is 7.80. The van der Waals surface area contributed by atoms with Crippen LogP contribution in [-0.2, 0) is 5.41 Å². The van der Waals surface area contributed by atoms with Crippen molar-refractivity contribution in [2.24, 2.45) is 11.7 Å². The molecular weight excluding hydrogens is 202 g/mol. The van der Waals surface area contributed by atoms with E-state index in [4.69, 9.17) is 15.2 Å². The van der Waals surface area contributed by atoms with Gasteiger partial charge >= 0.3 is 0 Å². The van der Waals surface area contributed by atoms with Crippen LogP contribution in [0.2, 0.25) is 0 Å². The van der Waals surface area contributed by atoms with Crippen molar-refractivity contribution in [1.29, 1.82) is 0 Å². The molecule has 3 nitrogen and oxygen atoms in total. The summed E-state index contributed by atoms with van der Waals surface area (Å²) in [4.78, 5) is 0. The van der Waals surface area contributed by atoms with E-state index >= 15 is 0 Å². The van der Waals surface area contributed by atoms with E-state index in [0.29, 0.717) is 6.79 Å². The Morgan fingerprint density at radius 1 is 1.38 bits per heavy atom. The maximum atomic E-state index is 5.94. The van der Waals surface area contributed by atoms with Gasteiger partial charge < -0.3 is 15.2 Å². The van der Waals surface area contributed by atoms with Crippen molar-refractivity contribution >= 4 is 0 Å². The highest BCUT2D eigenvalue weighted by Gasteiger charge is 2.53. The van der Waals surface area contributed by atoms with Crippen LogP contribution in [0, 0.1) is 5.92 Å². The highest BCUT2D eigenvalue weighted by molar-refractivity contribution is 5.48. The van der Waals surface area contributed by atoms with Crippen LogP contribution in [0.15, 0.2) is 18.2 Å². The van der Waals surface area contributed by atoms with Crippen molar-refractivity contribution in [3.8, 4) is 11.5 Å². The minimum atomic E-state index is 0.204. The number of nitrogens with two attached hydrogens (primary N) is 1. The second-order valence-electron chi connectivity index (χ2n) is 4.74. The topological polar surface area (TPSA) is 44.5 Å². The fourth-order valence-corrected chi connectivity index (χ4v) is 2.84. The quantitative estimate of drug-likeness (QED) is 0.846. The van der Waals surface area contributed by atoms with E-state index in [1.807, 2.05) is 6.07 Å². The Morgan fingerprint density at radius 2 is 2.19 bits per heavy atom. The largest absolute Gasteiger partial charge is 0.454 e. The van der Waals surface area contributed by atoms with Gasteiger partial charge in [-0.15, -0.1) is 0 Å². The molecule has 1 fully saturated rings. The fourth-order valence-electron chi connectivity index (χ4n) is 2.84. The number of fused-ring (bicyclic) bond motifs is 1. The van der Waals surface area contributed by atoms with E-state index in [1.165, 1.54) is 18.4 Å². The maximum absolute atomic E-state index is 5.94. The zero-order valence-electron chi connectivity index (χ0n) is 9.53. The van der Waals surface area contributed by atoms with Crippen molar-refractivity contribution in [3.05, 3.63) is 23.8 Å². The highest BCUT2D eigenvalue weighted by atomic mass is 16.7. The Morgan fingerprint density at radius 3 is 2.88 bits per heavy atom. The minimum Gasteiger partial charge on any atom is -0.454 e. The predicted molar refractivity (Wildman–Crippen MR) is 61.7 cm³/mol. The first-order valence-corrected chi connectivity index (χ1v) is 5.90. The molecule has 2 aliphatic rings. The first-order valence-electron chi connectivity index (χ1n) is 5.90. The van der Waals surface area contributed by atoms with E-state index in [2.05, 4.69) is 19.1 Å². The lowest BCUT2D eigenvalue weighted by Crippen LogP contribution is -2.22. The Kier molecular flexibility index (Phi) is 2.11. The molecule has 1 aromatic carbocycles. The summed E-state index contributed by atoms with van der Waals surface area (Å²) in [5.74, 6) is 2.45. The third-order valence-corrected chi connectivity index (χ3v) is 4.04. The number of hydrogen-bond donors (Lipinski definition) is 1. The van der Waals surface area contributed by atoms with Gasteiger partial charge in [0.15, 0.2) is 11.5 Å². The molecule has 0 radical (unpaired) electrons. The zero-order chi connectivity index (χ0) is 11.2. The molecule has 1 aliphatic carbocycles. The van der Waals surface area contributed by atoms with Crippen LogP contribution >= 0.6 is 0 Å². The highest BCUT2D eigenvalue weighted by Crippen LogP contribution is 2.56. The van der Waals surface area contributed by atoms with E-state index in [1.54, 1.807) is 0 Å². The fraction of sp³-hybridized carbons (Fsp3) is 0.538. The van der Waals surface area contributed by atoms with Crippen LogP contribution in [0.4, 0.5) is 0 Å². The molecule has 0 aromatic heterocycles. The molecule has 1 aromatic rings. The second-order valence-corrected chi connectivity index (χ2v) is 4.74. The monoisotopic (exact) mass is 219 g/mol. The van der Waals surface area contributed by atoms with Crippen molar-refractivity contribution in [1.82, 2.24) is 0 Å². The zero-order valence-corrected chi connectivity index (χ0v) is 9.53. The normalized spacial score (nSPS) is 30.5. The van der Waals surface area contributed by atoms with E-state index in [-0.39, 0.29) is 5.41 Å². The van der Waals surface area contributed by atoms with Gasteiger partial charge in [-0.1, -0.05) is 19.4 Å². The standard InChI is InChI=1S/C13H17NO2/c1-2-9-6-13(9,7-14)10-3-4-11-12(5-10)16-8-15-11/h3-5,9H,2,6-8,14H2,1H3. The molecule has 86 valence electrons. The van der Waals surface area contributed by atoms with Crippen molar-refractivity contribution in [2.75, 3.05) is 13.3 Å². The first kappa shape index (κ1) is 9.97. The van der Waals surface area contributed by atoms with E-state index in [9.17, 15) is 0 Å². The second kappa shape index (κ2) is 3.39. The van der Waals surface area contributed by atoms with Crippen LogP contribution in [0.1, 0.15) is 25.3 Å². The third kappa shape index (κ3) is 1.24. The van der Waals surface area contributed by atoms with Crippen LogP contribution in [0.5, 0.6) is 11.5 Å². The molecule has 3 rings (SSSR count). The van der Waals surface area contributed by atoms with Crippen molar-refractivity contribution in [3.63, 3.8) is 0 Å². The van der Waals surface area contributed by atoms with E-state index < -0.39 is 0 Å². The predicted octanol–water partition coefficient (Wildman–Crippen LogP) is 2.04.